The summed E-state index contributed by atoms with van der Waals surface area (Å²) in [6.07, 6.45) is -19.4. The lowest BCUT2D eigenvalue weighted by atomic mass is 9.88. The van der Waals surface area contributed by atoms with E-state index in [0.29, 0.717) is 0 Å². The van der Waals surface area contributed by atoms with Gasteiger partial charge in [-0.25, -0.2) is 158 Å². The minimum Gasteiger partial charge on any atom is -0.251 e. The van der Waals surface area contributed by atoms with Gasteiger partial charge < -0.3 is 0 Å². The molecule has 0 aromatic heterocycles. The predicted molar refractivity (Wildman–Crippen MR) is 264 cm³/mol. The van der Waals surface area contributed by atoms with Gasteiger partial charge in [-0.2, -0.15) is 70.4 Å². The maximum absolute atomic E-state index is 17.3. The van der Waals surface area contributed by atoms with Crippen LogP contribution in [0.25, 0.3) is 54.2 Å². The Bertz CT molecular complexity index is 5100. The smallest absolute Gasteiger partial charge is 0.251 e. The molecule has 0 amide bonds. The lowest BCUT2D eigenvalue weighted by Gasteiger charge is -2.44. The van der Waals surface area contributed by atoms with Crippen molar-refractivity contribution < 1.29 is 225 Å². The van der Waals surface area contributed by atoms with Gasteiger partial charge in [-0.1, -0.05) is 0 Å². The van der Waals surface area contributed by atoms with Crippen LogP contribution >= 0.6 is 0 Å². The molecule has 0 bridgehead atoms. The molecule has 52 heteroatoms. The fourth-order valence-corrected chi connectivity index (χ4v) is 17.8. The molecule has 0 saturated heterocycles. The van der Waals surface area contributed by atoms with E-state index < -0.39 is 348 Å². The van der Waals surface area contributed by atoms with Crippen LogP contribution in [-0.2, 0) is 12.1 Å². The van der Waals surface area contributed by atoms with Crippen molar-refractivity contribution in [1.29, 1.82) is 0 Å². The number of nitrogens with two attached hydrogens (primary N) is 1. The molecule has 1 nitrogen and oxygen atoms in total. The second kappa shape index (κ2) is 28.2. The number of halogens is 50. The van der Waals surface area contributed by atoms with Crippen LogP contribution in [0.1, 0.15) is 11.1 Å². The lowest BCUT2D eigenvalue weighted by molar-refractivity contribution is -0.822. The molecule has 0 radical (unpaired) electrons. The minimum absolute atomic E-state index is 0.729. The lowest BCUT2D eigenvalue weighted by Crippen LogP contribution is -2.97. The van der Waals surface area contributed by atoms with E-state index >= 15 is 105 Å². The Morgan fingerprint density at radius 3 is 0.564 bits per heavy atom. The Morgan fingerprint density at radius 2 is 0.373 bits per heavy atom. The average molecular weight is 1690 g/mol. The molecule has 10 aromatic carbocycles. The number of hydrogen-bond acceptors (Lipinski definition) is 0. The first-order chi connectivity index (χ1) is 50.1. The number of benzene rings is 10. The van der Waals surface area contributed by atoms with Crippen molar-refractivity contribution in [1.82, 2.24) is 0 Å². The number of fused-ring (bicyclic) bond motifs is 4. The normalized spacial score (nSPS) is 12.7. The SMILES string of the molecule is FC[NH2+]C(F)(F)C(F)(F)F.Fc1c(F)c(F)c(-c2c(C(F)(F)F)c(F)c(F)c(F)c2C(F)(F)C(F)(F)F)c(F)c1F.Fc1c(F)c(F)c2[c]([Al-]([c]3c(F)c(F)c(F)c4c(F)c(F)c(F)c(F)c34)([c]3c(F)c(F)c(F)c4c(F)c(F)c(F)c(F)c34)[c]3c(F)c(F)c(F)c4c(F)c(F)c(F)c(F)c34)c(F)c(F)c(F)c2c1F. The van der Waals surface area contributed by atoms with Gasteiger partial charge in [0.15, 0.2) is 180 Å². The molecule has 0 heterocycles. The van der Waals surface area contributed by atoms with Crippen LogP contribution in [0.5, 0.6) is 0 Å². The monoisotopic (exact) mass is 1690 g/mol. The fraction of sp³-hybridized carbons (Fsp3) is 0.103. The Labute approximate surface area is 567 Å². The van der Waals surface area contributed by atoms with Gasteiger partial charge in [0.05, 0.1) is 32.7 Å². The largest absolute Gasteiger partial charge is 0.515 e. The highest BCUT2D eigenvalue weighted by Crippen LogP contribution is 2.54. The first kappa shape index (κ1) is 85.8. The van der Waals surface area contributed by atoms with E-state index in [1.807, 2.05) is 0 Å². The number of hydrogen-bond donors (Lipinski definition) is 1. The molecule has 0 saturated carbocycles. The predicted octanol–water partition coefficient (Wildman–Crippen LogP) is 19.3. The summed E-state index contributed by atoms with van der Waals surface area (Å²) in [6.45, 7) is -1.80. The third-order valence-corrected chi connectivity index (χ3v) is 21.3. The van der Waals surface area contributed by atoms with Crippen LogP contribution in [-0.4, -0.2) is 38.3 Å². The summed E-state index contributed by atoms with van der Waals surface area (Å²) in [4.78, 5) is 0. The zero-order chi connectivity index (χ0) is 84.4. The van der Waals surface area contributed by atoms with Crippen LogP contribution in [0.3, 0.4) is 0 Å². The molecule has 594 valence electrons. The van der Waals surface area contributed by atoms with Gasteiger partial charge in [0.2, 0.25) is 12.6 Å². The Hall–Kier alpha value is -9.77. The molecular weight excluding hydrogens is 1690 g/mol. The van der Waals surface area contributed by atoms with E-state index in [1.165, 1.54) is 0 Å². The van der Waals surface area contributed by atoms with Gasteiger partial charge in [-0.3, -0.25) is 5.32 Å². The summed E-state index contributed by atoms with van der Waals surface area (Å²) in [5, 5.41) is -27.4. The molecule has 0 aliphatic carbocycles. The third-order valence-electron chi connectivity index (χ3n) is 15.7. The highest BCUT2D eigenvalue weighted by molar-refractivity contribution is 7.23. The number of quaternary nitrogens is 1. The van der Waals surface area contributed by atoms with Crippen molar-refractivity contribution in [3.8, 4) is 11.1 Å². The molecule has 0 fully saturated rings. The third kappa shape index (κ3) is 12.2. The summed E-state index contributed by atoms with van der Waals surface area (Å²) in [5.74, 6) is -138. The van der Waals surface area contributed by atoms with Crippen LogP contribution in [0.15, 0.2) is 0 Å². The van der Waals surface area contributed by atoms with Gasteiger partial charge in [0.1, 0.15) is 28.8 Å². The first-order valence-corrected chi connectivity index (χ1v) is 28.9. The first-order valence-electron chi connectivity index (χ1n) is 26.6. The van der Waals surface area contributed by atoms with Crippen LogP contribution < -0.4 is 23.0 Å². The van der Waals surface area contributed by atoms with Crippen molar-refractivity contribution in [3.63, 3.8) is 0 Å². The van der Waals surface area contributed by atoms with Crippen molar-refractivity contribution in [2.75, 3.05) is 6.80 Å². The van der Waals surface area contributed by atoms with Crippen molar-refractivity contribution in [2.24, 2.45) is 0 Å². The maximum Gasteiger partial charge on any atom is 0.515 e. The number of alkyl halides is 14. The van der Waals surface area contributed by atoms with Gasteiger partial charge in [0, 0.05) is 5.56 Å². The van der Waals surface area contributed by atoms with E-state index in [4.69, 9.17) is 0 Å². The summed E-state index contributed by atoms with van der Waals surface area (Å²) in [7, 11) is 0. The van der Waals surface area contributed by atoms with E-state index in [0.717, 1.165) is 0 Å². The highest BCUT2D eigenvalue weighted by Gasteiger charge is 2.65. The van der Waals surface area contributed by atoms with E-state index in [2.05, 4.69) is 0 Å². The van der Waals surface area contributed by atoms with E-state index in [9.17, 15) is 114 Å². The molecule has 110 heavy (non-hydrogen) atoms. The second-order valence-electron chi connectivity index (χ2n) is 21.4. The molecule has 0 aliphatic rings. The molecule has 0 aliphatic heterocycles. The van der Waals surface area contributed by atoms with Crippen LogP contribution in [0, 0.1) is 209 Å². The summed E-state index contributed by atoms with van der Waals surface area (Å²) in [5.41, 5.74) is -14.2. The average Bonchev–Trinajstić information content (AvgIpc) is 0.660. The highest BCUT2D eigenvalue weighted by atomic mass is 27.2. The van der Waals surface area contributed by atoms with Crippen LogP contribution in [0.2, 0.25) is 0 Å². The van der Waals surface area contributed by atoms with E-state index in [1.54, 1.807) is 0 Å². The molecule has 0 atom stereocenters. The van der Waals surface area contributed by atoms with E-state index in [-0.39, 0.29) is 0 Å². The quantitative estimate of drug-likeness (QED) is 0.0513. The standard InChI is InChI=1S/C15F16.4C10F7.C3H3F6N.Al/c16-5-2(6(17)10(21)12(23)9(5)20)1-3(13(24,25)15(29,30)31)7(18)11(22)8(19)4(1)14(26,27)28;4*11-3-1-2-4(7(14)6(3)13)8(15)10(17)9(16)5(2)12;4-1-10-3(8,9)2(5,6)7;/h;;;;;10H,1H2;/q;;;;;;-1/p+1. The van der Waals surface area contributed by atoms with Gasteiger partial charge >= 0.3 is 30.5 Å². The molecule has 0 spiro atoms. The summed E-state index contributed by atoms with van der Waals surface area (Å²) in [6, 6.07) is -5.01. The number of rotatable bonds is 8. The Balaban J connectivity index is 0.000000305. The molecule has 10 aromatic rings. The van der Waals surface area contributed by atoms with Gasteiger partial charge in [0.25, 0.3) is 13.1 Å². The van der Waals surface area contributed by atoms with Crippen molar-refractivity contribution in [2.45, 2.75) is 30.5 Å². The topological polar surface area (TPSA) is 16.6 Å². The summed E-state index contributed by atoms with van der Waals surface area (Å²) < 4.78 is 713. The molecular formula is C58H4AlF50N. The molecule has 10 rings (SSSR count). The van der Waals surface area contributed by atoms with Gasteiger partial charge in [-0.15, -0.1) is 8.78 Å². The van der Waals surface area contributed by atoms with Gasteiger partial charge in [-0.05, 0) is 21.5 Å². The van der Waals surface area contributed by atoms with Crippen LogP contribution in [0.4, 0.5) is 220 Å². The van der Waals surface area contributed by atoms with Crippen molar-refractivity contribution in [3.05, 3.63) is 221 Å². The zero-order valence-corrected chi connectivity index (χ0v) is 50.4. The fourth-order valence-electron chi connectivity index (χ4n) is 11.2. The Morgan fingerprint density at radius 1 is 0.191 bits per heavy atom. The summed E-state index contributed by atoms with van der Waals surface area (Å²) >= 11 is -10.2. The molecule has 0 unspecified atom stereocenters. The molecule has 2 N–H and O–H groups in total. The minimum atomic E-state index is -10.2. The Kier molecular flexibility index (Phi) is 22.0. The maximum atomic E-state index is 17.3. The second-order valence-corrected chi connectivity index (χ2v) is 25.4. The van der Waals surface area contributed by atoms with Crippen molar-refractivity contribution >= 4 is 73.9 Å². The zero-order valence-electron chi connectivity index (χ0n) is 49.3.